The molecule has 3 rings (SSSR count). The van der Waals surface area contributed by atoms with Gasteiger partial charge in [0, 0.05) is 6.42 Å². The molecule has 0 spiro atoms. The lowest BCUT2D eigenvalue weighted by Gasteiger charge is -2.41. The molecule has 5 nitrogen and oxygen atoms in total. The summed E-state index contributed by atoms with van der Waals surface area (Å²) in [4.78, 5) is 11.5. The first-order valence-electron chi connectivity index (χ1n) is 14.8. The Kier molecular flexibility index (Phi) is 11.1. The van der Waals surface area contributed by atoms with E-state index in [0.29, 0.717) is 6.42 Å². The van der Waals surface area contributed by atoms with Gasteiger partial charge >= 0.3 is 5.97 Å². The number of hydrogen-bond acceptors (Lipinski definition) is 5. The SMILES string of the molecule is CCCCCCCCCC[C@@H](O[Si](C)(C)C(C)(C)C)[C@H]1CC[C@H]([C@H]2CC[C@H]([C@@H]3CCC(=O)O3)O2)O1. The molecule has 0 aromatic heterocycles. The lowest BCUT2D eigenvalue weighted by Crippen LogP contribution is -2.47. The first kappa shape index (κ1) is 29.1. The van der Waals surface area contributed by atoms with Crippen molar-refractivity contribution in [3.63, 3.8) is 0 Å². The lowest BCUT2D eigenvalue weighted by atomic mass is 10.0. The molecule has 35 heavy (non-hydrogen) atoms. The van der Waals surface area contributed by atoms with Gasteiger partial charge in [0.15, 0.2) is 8.32 Å². The molecule has 0 aliphatic carbocycles. The van der Waals surface area contributed by atoms with Crippen LogP contribution in [0.1, 0.15) is 124 Å². The summed E-state index contributed by atoms with van der Waals surface area (Å²) in [6, 6.07) is 0. The van der Waals surface area contributed by atoms with E-state index in [1.807, 2.05) is 0 Å². The van der Waals surface area contributed by atoms with Crippen molar-refractivity contribution in [3.8, 4) is 0 Å². The van der Waals surface area contributed by atoms with E-state index in [0.717, 1.165) is 38.5 Å². The Morgan fingerprint density at radius 3 is 2.00 bits per heavy atom. The highest BCUT2D eigenvalue weighted by molar-refractivity contribution is 6.74. The molecule has 6 atom stereocenters. The summed E-state index contributed by atoms with van der Waals surface area (Å²) in [5, 5.41) is 0.197. The third-order valence-corrected chi connectivity index (χ3v) is 13.4. The maximum Gasteiger partial charge on any atom is 0.306 e. The monoisotopic (exact) mass is 510 g/mol. The Balaban J connectivity index is 1.49. The van der Waals surface area contributed by atoms with E-state index in [1.54, 1.807) is 0 Å². The van der Waals surface area contributed by atoms with Crippen molar-refractivity contribution in [3.05, 3.63) is 0 Å². The van der Waals surface area contributed by atoms with Crippen LogP contribution >= 0.6 is 0 Å². The number of cyclic esters (lactones) is 1. The minimum atomic E-state index is -1.87. The molecule has 3 fully saturated rings. The zero-order valence-electron chi connectivity index (χ0n) is 23.6. The molecule has 0 amide bonds. The maximum absolute atomic E-state index is 11.5. The van der Waals surface area contributed by atoms with Crippen molar-refractivity contribution >= 4 is 14.3 Å². The number of hydrogen-bond donors (Lipinski definition) is 0. The van der Waals surface area contributed by atoms with E-state index in [2.05, 4.69) is 40.8 Å². The average molecular weight is 511 g/mol. The van der Waals surface area contributed by atoms with Gasteiger partial charge in [0.05, 0.1) is 30.5 Å². The fraction of sp³-hybridized carbons (Fsp3) is 0.966. The van der Waals surface area contributed by atoms with Crippen molar-refractivity contribution in [2.24, 2.45) is 0 Å². The molecule has 3 aliphatic heterocycles. The van der Waals surface area contributed by atoms with Crippen molar-refractivity contribution in [1.29, 1.82) is 0 Å². The molecule has 0 aromatic carbocycles. The van der Waals surface area contributed by atoms with Crippen LogP contribution in [0.15, 0.2) is 0 Å². The summed E-state index contributed by atoms with van der Waals surface area (Å²) in [6.07, 6.45) is 17.8. The fourth-order valence-electron chi connectivity index (χ4n) is 5.64. The number of rotatable bonds is 14. The van der Waals surface area contributed by atoms with Crippen molar-refractivity contribution in [2.45, 2.75) is 179 Å². The van der Waals surface area contributed by atoms with Crippen LogP contribution in [0.25, 0.3) is 0 Å². The van der Waals surface area contributed by atoms with Gasteiger partial charge in [0.1, 0.15) is 6.10 Å². The number of ether oxygens (including phenoxy) is 3. The average Bonchev–Trinajstić information content (AvgIpc) is 3.54. The van der Waals surface area contributed by atoms with Gasteiger partial charge in [-0.15, -0.1) is 0 Å². The van der Waals surface area contributed by atoms with Crippen LogP contribution in [-0.4, -0.2) is 50.9 Å². The molecule has 3 aliphatic rings. The Hall–Kier alpha value is -0.433. The second-order valence-electron chi connectivity index (χ2n) is 12.8. The van der Waals surface area contributed by atoms with Gasteiger partial charge in [-0.3, -0.25) is 4.79 Å². The molecular weight excluding hydrogens is 456 g/mol. The quantitative estimate of drug-likeness (QED) is 0.136. The van der Waals surface area contributed by atoms with Gasteiger partial charge in [0.25, 0.3) is 0 Å². The number of esters is 1. The third-order valence-electron chi connectivity index (χ3n) is 8.92. The largest absolute Gasteiger partial charge is 0.460 e. The summed E-state index contributed by atoms with van der Waals surface area (Å²) in [7, 11) is -1.87. The minimum Gasteiger partial charge on any atom is -0.460 e. The predicted molar refractivity (Wildman–Crippen MR) is 144 cm³/mol. The van der Waals surface area contributed by atoms with Crippen LogP contribution in [-0.2, 0) is 23.4 Å². The zero-order valence-corrected chi connectivity index (χ0v) is 24.6. The summed E-state index contributed by atoms with van der Waals surface area (Å²) >= 11 is 0. The van der Waals surface area contributed by atoms with Gasteiger partial charge in [-0.05, 0) is 56.7 Å². The maximum atomic E-state index is 11.5. The van der Waals surface area contributed by atoms with Crippen molar-refractivity contribution in [1.82, 2.24) is 0 Å². The summed E-state index contributed by atoms with van der Waals surface area (Å²) < 4.78 is 25.5. The Bertz CT molecular complexity index is 645. The number of carbonyl (C=O) groups is 1. The fourth-order valence-corrected chi connectivity index (χ4v) is 7.02. The highest BCUT2D eigenvalue weighted by Gasteiger charge is 2.46. The van der Waals surface area contributed by atoms with Gasteiger partial charge < -0.3 is 18.6 Å². The van der Waals surface area contributed by atoms with Crippen LogP contribution in [0.4, 0.5) is 0 Å². The smallest absolute Gasteiger partial charge is 0.306 e. The topological polar surface area (TPSA) is 54.0 Å². The highest BCUT2D eigenvalue weighted by Crippen LogP contribution is 2.41. The van der Waals surface area contributed by atoms with E-state index in [4.69, 9.17) is 18.6 Å². The number of carbonyl (C=O) groups excluding carboxylic acids is 1. The zero-order chi connectivity index (χ0) is 25.5. The Morgan fingerprint density at radius 2 is 1.40 bits per heavy atom. The summed E-state index contributed by atoms with van der Waals surface area (Å²) in [5.41, 5.74) is 0. The van der Waals surface area contributed by atoms with Crippen molar-refractivity contribution in [2.75, 3.05) is 0 Å². The second-order valence-corrected chi connectivity index (χ2v) is 17.6. The molecular formula is C29H54O5Si. The van der Waals surface area contributed by atoms with Crippen LogP contribution in [0.2, 0.25) is 18.1 Å². The molecule has 0 unspecified atom stereocenters. The first-order chi connectivity index (χ1) is 16.6. The van der Waals surface area contributed by atoms with Crippen molar-refractivity contribution < 1.29 is 23.4 Å². The highest BCUT2D eigenvalue weighted by atomic mass is 28.4. The molecule has 204 valence electrons. The van der Waals surface area contributed by atoms with Crippen LogP contribution < -0.4 is 0 Å². The molecule has 0 aromatic rings. The number of unbranched alkanes of at least 4 members (excludes halogenated alkanes) is 7. The van der Waals surface area contributed by atoms with Crippen LogP contribution in [0.3, 0.4) is 0 Å². The Morgan fingerprint density at radius 1 is 0.829 bits per heavy atom. The molecule has 0 saturated carbocycles. The standard InChI is InChI=1S/C29H54O5Si/c1-7-8-9-10-11-12-13-14-15-27(34-35(5,6)29(2,3)4)26-19-18-23(32-26)22-16-17-24(31-22)25-20-21-28(30)33-25/h22-27H,7-21H2,1-6H3/t22-,23-,24-,25+,26-,27-/m1/s1. The van der Waals surface area contributed by atoms with Crippen LogP contribution in [0, 0.1) is 0 Å². The molecule has 0 radical (unpaired) electrons. The van der Waals surface area contributed by atoms with Gasteiger partial charge in [-0.2, -0.15) is 0 Å². The van der Waals surface area contributed by atoms with E-state index >= 15 is 0 Å². The van der Waals surface area contributed by atoms with E-state index in [9.17, 15) is 4.79 Å². The van der Waals surface area contributed by atoms with Gasteiger partial charge in [-0.25, -0.2) is 0 Å². The molecule has 3 saturated heterocycles. The first-order valence-corrected chi connectivity index (χ1v) is 17.7. The second kappa shape index (κ2) is 13.4. The summed E-state index contributed by atoms with van der Waals surface area (Å²) in [5.74, 6) is -0.0780. The molecule has 6 heteroatoms. The molecule has 0 N–H and O–H groups in total. The Labute approximate surface area is 216 Å². The van der Waals surface area contributed by atoms with E-state index in [1.165, 1.54) is 51.4 Å². The van der Waals surface area contributed by atoms with Crippen LogP contribution in [0.5, 0.6) is 0 Å². The minimum absolute atomic E-state index is 0.0469. The van der Waals surface area contributed by atoms with E-state index in [-0.39, 0.29) is 47.6 Å². The van der Waals surface area contributed by atoms with Gasteiger partial charge in [0.2, 0.25) is 0 Å². The summed E-state index contributed by atoms with van der Waals surface area (Å²) in [6.45, 7) is 14.0. The van der Waals surface area contributed by atoms with E-state index < -0.39 is 8.32 Å². The third kappa shape index (κ3) is 8.54. The lowest BCUT2D eigenvalue weighted by molar-refractivity contribution is -0.149. The predicted octanol–water partition coefficient (Wildman–Crippen LogP) is 7.71. The molecule has 3 heterocycles. The van der Waals surface area contributed by atoms with Gasteiger partial charge in [-0.1, -0.05) is 79.1 Å². The normalized spacial score (nSPS) is 30.7. The molecule has 0 bridgehead atoms.